The molecule has 5 fully saturated rings. The van der Waals surface area contributed by atoms with Crippen LogP contribution in [0.2, 0.25) is 0 Å². The average Bonchev–Trinajstić information content (AvgIpc) is 3.26. The van der Waals surface area contributed by atoms with Gasteiger partial charge in [-0.15, -0.1) is 0 Å². The molecule has 5 saturated carbocycles. The van der Waals surface area contributed by atoms with E-state index >= 15 is 0 Å². The summed E-state index contributed by atoms with van der Waals surface area (Å²) in [5.41, 5.74) is 2.93. The van der Waals surface area contributed by atoms with Crippen LogP contribution in [-0.2, 0) is 6.42 Å². The number of aliphatic hydroxyl groups excluding tert-OH is 1. The van der Waals surface area contributed by atoms with Gasteiger partial charge in [-0.3, -0.25) is 0 Å². The van der Waals surface area contributed by atoms with E-state index in [0.29, 0.717) is 27.9 Å². The number of aromatic hydroxyl groups is 1. The summed E-state index contributed by atoms with van der Waals surface area (Å²) < 4.78 is 0. The molecule has 1 aromatic rings. The molecule has 0 aromatic heterocycles. The Morgan fingerprint density at radius 3 is 2.26 bits per heavy atom. The lowest BCUT2D eigenvalue weighted by Gasteiger charge is -2.69. The molecule has 0 radical (unpaired) electrons. The quantitative estimate of drug-likeness (QED) is 0.460. The first-order valence-corrected chi connectivity index (χ1v) is 15.1. The first-order chi connectivity index (χ1) is 16.6. The van der Waals surface area contributed by atoms with Crippen LogP contribution in [0.3, 0.4) is 0 Å². The number of benzene rings is 1. The van der Waals surface area contributed by atoms with Gasteiger partial charge in [0.25, 0.3) is 0 Å². The highest BCUT2D eigenvalue weighted by Gasteiger charge is 2.65. The van der Waals surface area contributed by atoms with Crippen molar-refractivity contribution in [1.29, 1.82) is 0 Å². The van der Waals surface area contributed by atoms with Crippen LogP contribution in [0.5, 0.6) is 5.75 Å². The first-order valence-electron chi connectivity index (χ1n) is 15.1. The zero-order valence-electron chi connectivity index (χ0n) is 22.9. The van der Waals surface area contributed by atoms with Crippen molar-refractivity contribution in [2.24, 2.45) is 51.2 Å². The predicted octanol–water partition coefficient (Wildman–Crippen LogP) is 8.15. The van der Waals surface area contributed by atoms with Crippen molar-refractivity contribution in [2.45, 2.75) is 117 Å². The molecule has 2 nitrogen and oxygen atoms in total. The SMILES string of the molecule is CC1(C)C(O)CCC2(C)C1CCC1(C)C3CCC4(CCc5ccc(O)cc5)CCCC4C3CCC12. The molecule has 194 valence electrons. The van der Waals surface area contributed by atoms with Gasteiger partial charge < -0.3 is 10.2 Å². The van der Waals surface area contributed by atoms with Crippen molar-refractivity contribution in [3.8, 4) is 5.75 Å². The van der Waals surface area contributed by atoms with Gasteiger partial charge in [0, 0.05) is 0 Å². The van der Waals surface area contributed by atoms with Gasteiger partial charge in [-0.1, -0.05) is 46.2 Å². The van der Waals surface area contributed by atoms with E-state index < -0.39 is 0 Å². The number of aryl methyl sites for hydroxylation is 1. The van der Waals surface area contributed by atoms with Crippen LogP contribution in [-0.4, -0.2) is 16.3 Å². The summed E-state index contributed by atoms with van der Waals surface area (Å²) in [5.74, 6) is 4.69. The van der Waals surface area contributed by atoms with Crippen molar-refractivity contribution in [1.82, 2.24) is 0 Å². The van der Waals surface area contributed by atoms with Crippen LogP contribution in [0.15, 0.2) is 24.3 Å². The standard InChI is InChI=1S/C33H50O2/c1-30(2)27-15-18-31(3)25-14-21-33(20-13-22-7-9-23(34)10-8-22)17-5-6-26(33)24(25)11-12-28(31)32(27,4)19-16-29(30)35/h7-10,24-29,34-35H,5-6,11-21H2,1-4H3. The van der Waals surface area contributed by atoms with Crippen molar-refractivity contribution in [3.63, 3.8) is 0 Å². The molecule has 9 atom stereocenters. The van der Waals surface area contributed by atoms with Crippen LogP contribution in [0.1, 0.15) is 110 Å². The van der Waals surface area contributed by atoms with E-state index in [1.54, 1.807) is 0 Å². The Bertz CT molecular complexity index is 935. The minimum absolute atomic E-state index is 0.0621. The number of rotatable bonds is 3. The Hall–Kier alpha value is -1.02. The minimum Gasteiger partial charge on any atom is -0.508 e. The van der Waals surface area contributed by atoms with Gasteiger partial charge in [0.1, 0.15) is 5.75 Å². The first kappa shape index (κ1) is 24.3. The third-order valence-electron chi connectivity index (χ3n) is 13.5. The van der Waals surface area contributed by atoms with Crippen LogP contribution < -0.4 is 0 Å². The minimum atomic E-state index is -0.122. The molecule has 1 aromatic carbocycles. The van der Waals surface area contributed by atoms with Crippen LogP contribution in [0, 0.1) is 51.2 Å². The highest BCUT2D eigenvalue weighted by atomic mass is 16.3. The zero-order chi connectivity index (χ0) is 24.6. The summed E-state index contributed by atoms with van der Waals surface area (Å²) in [4.78, 5) is 0. The number of hydrogen-bond donors (Lipinski definition) is 2. The van der Waals surface area contributed by atoms with E-state index in [4.69, 9.17) is 0 Å². The van der Waals surface area contributed by atoms with Crippen LogP contribution >= 0.6 is 0 Å². The monoisotopic (exact) mass is 478 g/mol. The number of fused-ring (bicyclic) bond motifs is 7. The van der Waals surface area contributed by atoms with E-state index in [1.165, 1.54) is 82.6 Å². The molecule has 35 heavy (non-hydrogen) atoms. The summed E-state index contributed by atoms with van der Waals surface area (Å²) in [7, 11) is 0. The lowest BCUT2D eigenvalue weighted by atomic mass is 9.36. The fourth-order valence-electron chi connectivity index (χ4n) is 11.8. The zero-order valence-corrected chi connectivity index (χ0v) is 22.9. The Balaban J connectivity index is 1.24. The highest BCUT2D eigenvalue weighted by molar-refractivity contribution is 5.26. The Kier molecular flexibility index (Phi) is 5.73. The summed E-state index contributed by atoms with van der Waals surface area (Å²) in [6, 6.07) is 7.99. The maximum atomic E-state index is 10.9. The normalized spacial score (nSPS) is 48.4. The van der Waals surface area contributed by atoms with Crippen molar-refractivity contribution in [2.75, 3.05) is 0 Å². The van der Waals surface area contributed by atoms with Gasteiger partial charge in [0.15, 0.2) is 0 Å². The summed E-state index contributed by atoms with van der Waals surface area (Å²) in [5, 5.41) is 20.6. The maximum Gasteiger partial charge on any atom is 0.115 e. The van der Waals surface area contributed by atoms with E-state index in [9.17, 15) is 10.2 Å². The molecule has 0 bridgehead atoms. The lowest BCUT2D eigenvalue weighted by Crippen LogP contribution is -2.63. The average molecular weight is 479 g/mol. The molecular weight excluding hydrogens is 428 g/mol. The topological polar surface area (TPSA) is 40.5 Å². The molecule has 0 heterocycles. The number of phenols is 1. The van der Waals surface area contributed by atoms with Crippen LogP contribution in [0.25, 0.3) is 0 Å². The molecule has 2 heteroatoms. The predicted molar refractivity (Wildman–Crippen MR) is 143 cm³/mol. The van der Waals surface area contributed by atoms with Gasteiger partial charge in [-0.2, -0.15) is 0 Å². The highest BCUT2D eigenvalue weighted by Crippen LogP contribution is 2.73. The fourth-order valence-corrected chi connectivity index (χ4v) is 11.8. The largest absolute Gasteiger partial charge is 0.508 e. The van der Waals surface area contributed by atoms with Gasteiger partial charge >= 0.3 is 0 Å². The molecular formula is C33H50O2. The molecule has 9 unspecified atom stereocenters. The van der Waals surface area contributed by atoms with Gasteiger partial charge in [-0.25, -0.2) is 0 Å². The molecule has 5 aliphatic carbocycles. The van der Waals surface area contributed by atoms with Crippen LogP contribution in [0.4, 0.5) is 0 Å². The van der Waals surface area contributed by atoms with E-state index in [1.807, 2.05) is 12.1 Å². The number of hydrogen-bond acceptors (Lipinski definition) is 2. The summed E-state index contributed by atoms with van der Waals surface area (Å²) in [6.07, 6.45) is 17.5. The van der Waals surface area contributed by atoms with Gasteiger partial charge in [0.2, 0.25) is 0 Å². The molecule has 0 aliphatic heterocycles. The third-order valence-corrected chi connectivity index (χ3v) is 13.5. The van der Waals surface area contributed by atoms with Crippen molar-refractivity contribution >= 4 is 0 Å². The van der Waals surface area contributed by atoms with E-state index in [2.05, 4.69) is 39.8 Å². The van der Waals surface area contributed by atoms with Gasteiger partial charge in [0.05, 0.1) is 6.10 Å². The molecule has 2 N–H and O–H groups in total. The molecule has 0 amide bonds. The fraction of sp³-hybridized carbons (Fsp3) is 0.818. The lowest BCUT2D eigenvalue weighted by molar-refractivity contribution is -0.214. The number of phenolic OH excluding ortho intramolecular Hbond substituents is 1. The molecule has 6 rings (SSSR count). The Morgan fingerprint density at radius 1 is 0.743 bits per heavy atom. The Labute approximate surface area is 214 Å². The molecule has 0 spiro atoms. The second-order valence-corrected chi connectivity index (χ2v) is 14.9. The second-order valence-electron chi connectivity index (χ2n) is 14.9. The maximum absolute atomic E-state index is 10.9. The smallest absolute Gasteiger partial charge is 0.115 e. The molecule has 5 aliphatic rings. The summed E-state index contributed by atoms with van der Waals surface area (Å²) in [6.45, 7) is 10.1. The Morgan fingerprint density at radius 2 is 1.49 bits per heavy atom. The van der Waals surface area contributed by atoms with E-state index in [0.717, 1.165) is 30.1 Å². The van der Waals surface area contributed by atoms with Crippen molar-refractivity contribution in [3.05, 3.63) is 29.8 Å². The number of aliphatic hydroxyl groups is 1. The molecule has 0 saturated heterocycles. The van der Waals surface area contributed by atoms with E-state index in [-0.39, 0.29) is 11.5 Å². The summed E-state index contributed by atoms with van der Waals surface area (Å²) >= 11 is 0. The third kappa shape index (κ3) is 3.51. The second kappa shape index (κ2) is 8.24. The van der Waals surface area contributed by atoms with Crippen molar-refractivity contribution < 1.29 is 10.2 Å². The van der Waals surface area contributed by atoms with Gasteiger partial charge in [-0.05, 0) is 146 Å².